The molecule has 0 saturated heterocycles. The van der Waals surface area contributed by atoms with Gasteiger partial charge in [0.05, 0.1) is 5.02 Å². The van der Waals surface area contributed by atoms with Gasteiger partial charge >= 0.3 is 0 Å². The smallest absolute Gasteiger partial charge is 0.0629 e. The lowest BCUT2D eigenvalue weighted by molar-refractivity contribution is 0.528. The minimum atomic E-state index is -0.0382. The van der Waals surface area contributed by atoms with E-state index >= 15 is 0 Å². The summed E-state index contributed by atoms with van der Waals surface area (Å²) in [7, 11) is 0. The molecular weight excluding hydrogens is 370 g/mol. The van der Waals surface area contributed by atoms with Crippen LogP contribution in [0.5, 0.6) is 0 Å². The van der Waals surface area contributed by atoms with E-state index in [9.17, 15) is 0 Å². The van der Waals surface area contributed by atoms with Crippen LogP contribution in [0.3, 0.4) is 0 Å². The van der Waals surface area contributed by atoms with E-state index in [2.05, 4.69) is 88.1 Å². The van der Waals surface area contributed by atoms with Gasteiger partial charge in [-0.1, -0.05) is 76.6 Å². The summed E-state index contributed by atoms with van der Waals surface area (Å²) in [6.45, 7) is 11.4. The monoisotopic (exact) mass is 395 g/mol. The lowest BCUT2D eigenvalue weighted by Gasteiger charge is -2.23. The highest BCUT2D eigenvalue weighted by Gasteiger charge is 2.28. The summed E-state index contributed by atoms with van der Waals surface area (Å²) in [4.78, 5) is 4.91. The van der Waals surface area contributed by atoms with Crippen molar-refractivity contribution in [3.8, 4) is 0 Å². The SMILES string of the molecule is CC(C)(C)c1cccc2[nH]c(CC(C)(C)c3sc4ccccc4c3Cl)cc12. The van der Waals surface area contributed by atoms with Crippen LogP contribution in [0.2, 0.25) is 5.02 Å². The highest BCUT2D eigenvalue weighted by Crippen LogP contribution is 2.43. The van der Waals surface area contributed by atoms with Crippen LogP contribution in [-0.4, -0.2) is 4.98 Å². The quantitative estimate of drug-likeness (QED) is 0.363. The molecule has 1 N–H and O–H groups in total. The van der Waals surface area contributed by atoms with E-state index < -0.39 is 0 Å². The van der Waals surface area contributed by atoms with E-state index in [0.717, 1.165) is 11.4 Å². The first-order chi connectivity index (χ1) is 12.7. The molecule has 0 fully saturated rings. The van der Waals surface area contributed by atoms with E-state index in [1.807, 2.05) is 11.3 Å². The second kappa shape index (κ2) is 6.39. The highest BCUT2D eigenvalue weighted by atomic mass is 35.5. The number of rotatable bonds is 3. The van der Waals surface area contributed by atoms with Crippen LogP contribution in [0, 0.1) is 0 Å². The zero-order chi connectivity index (χ0) is 19.4. The van der Waals surface area contributed by atoms with Gasteiger partial charge in [0.25, 0.3) is 0 Å². The Labute approximate surface area is 170 Å². The third kappa shape index (κ3) is 3.30. The van der Waals surface area contributed by atoms with Crippen molar-refractivity contribution in [2.45, 2.75) is 51.9 Å². The fraction of sp³-hybridized carbons (Fsp3) is 0.333. The molecule has 1 nitrogen and oxygen atoms in total. The van der Waals surface area contributed by atoms with Gasteiger partial charge in [0.1, 0.15) is 0 Å². The first kappa shape index (κ1) is 18.6. The molecule has 3 heteroatoms. The van der Waals surface area contributed by atoms with Crippen LogP contribution in [-0.2, 0) is 17.3 Å². The highest BCUT2D eigenvalue weighted by molar-refractivity contribution is 7.20. The molecule has 2 aromatic heterocycles. The molecule has 0 atom stereocenters. The van der Waals surface area contributed by atoms with Gasteiger partial charge in [0.2, 0.25) is 0 Å². The summed E-state index contributed by atoms with van der Waals surface area (Å²) in [5.41, 5.74) is 3.96. The Kier molecular flexibility index (Phi) is 4.40. The van der Waals surface area contributed by atoms with Crippen LogP contribution < -0.4 is 0 Å². The van der Waals surface area contributed by atoms with Crippen LogP contribution in [0.15, 0.2) is 48.5 Å². The van der Waals surface area contributed by atoms with Crippen molar-refractivity contribution in [2.24, 2.45) is 0 Å². The van der Waals surface area contributed by atoms with Crippen molar-refractivity contribution in [3.63, 3.8) is 0 Å². The van der Waals surface area contributed by atoms with E-state index in [1.54, 1.807) is 0 Å². The minimum Gasteiger partial charge on any atom is -0.358 e. The van der Waals surface area contributed by atoms with Gasteiger partial charge in [-0.15, -0.1) is 11.3 Å². The Bertz CT molecular complexity index is 1120. The van der Waals surface area contributed by atoms with Crippen molar-refractivity contribution >= 4 is 43.9 Å². The van der Waals surface area contributed by atoms with Gasteiger partial charge in [-0.2, -0.15) is 0 Å². The summed E-state index contributed by atoms with van der Waals surface area (Å²) in [6, 6.07) is 17.3. The molecule has 140 valence electrons. The second-order valence-electron chi connectivity index (χ2n) is 9.11. The molecule has 2 aromatic carbocycles. The van der Waals surface area contributed by atoms with Gasteiger partial charge in [-0.25, -0.2) is 0 Å². The lowest BCUT2D eigenvalue weighted by atomic mass is 9.84. The number of H-pyrrole nitrogens is 1. The number of thiophene rings is 1. The predicted octanol–water partition coefficient (Wildman–Crippen LogP) is 7.85. The van der Waals surface area contributed by atoms with Crippen molar-refractivity contribution < 1.29 is 0 Å². The maximum absolute atomic E-state index is 6.77. The molecular formula is C24H26ClNS. The number of aromatic amines is 1. The fourth-order valence-corrected chi connectivity index (χ4v) is 5.75. The van der Waals surface area contributed by atoms with Gasteiger partial charge in [-0.3, -0.25) is 0 Å². The zero-order valence-corrected chi connectivity index (χ0v) is 18.2. The number of aromatic nitrogens is 1. The summed E-state index contributed by atoms with van der Waals surface area (Å²) >= 11 is 8.59. The van der Waals surface area contributed by atoms with E-state index in [-0.39, 0.29) is 10.8 Å². The Balaban J connectivity index is 1.75. The van der Waals surface area contributed by atoms with Crippen molar-refractivity contribution in [2.75, 3.05) is 0 Å². The first-order valence-corrected chi connectivity index (χ1v) is 10.6. The topological polar surface area (TPSA) is 15.8 Å². The molecule has 0 unspecified atom stereocenters. The number of nitrogens with one attached hydrogen (secondary N) is 1. The van der Waals surface area contributed by atoms with Crippen LogP contribution in [0.25, 0.3) is 21.0 Å². The Hall–Kier alpha value is -1.77. The Morgan fingerprint density at radius 3 is 2.37 bits per heavy atom. The number of hydrogen-bond donors (Lipinski definition) is 1. The largest absolute Gasteiger partial charge is 0.358 e. The standard InChI is InChI=1S/C24H26ClNS/c1-23(2,3)18-10-8-11-19-17(18)13-15(26-19)14-24(4,5)22-21(25)16-9-6-7-12-20(16)27-22/h6-13,26H,14H2,1-5H3. The average molecular weight is 396 g/mol. The van der Waals surface area contributed by atoms with E-state index in [1.165, 1.54) is 37.1 Å². The van der Waals surface area contributed by atoms with Crippen LogP contribution in [0.4, 0.5) is 0 Å². The molecule has 27 heavy (non-hydrogen) atoms. The van der Waals surface area contributed by atoms with Crippen LogP contribution >= 0.6 is 22.9 Å². The molecule has 2 heterocycles. The number of halogens is 1. The summed E-state index contributed by atoms with van der Waals surface area (Å²) in [6.07, 6.45) is 0.928. The molecule has 4 aromatic rings. The third-order valence-electron chi connectivity index (χ3n) is 5.31. The summed E-state index contributed by atoms with van der Waals surface area (Å²) in [5, 5.41) is 3.41. The molecule has 0 aliphatic rings. The first-order valence-electron chi connectivity index (χ1n) is 9.45. The summed E-state index contributed by atoms with van der Waals surface area (Å²) < 4.78 is 1.26. The maximum atomic E-state index is 6.77. The molecule has 0 radical (unpaired) electrons. The van der Waals surface area contributed by atoms with E-state index in [4.69, 9.17) is 11.6 Å². The Morgan fingerprint density at radius 1 is 0.926 bits per heavy atom. The molecule has 0 aliphatic carbocycles. The van der Waals surface area contributed by atoms with E-state index in [0.29, 0.717) is 0 Å². The van der Waals surface area contributed by atoms with Gasteiger partial charge < -0.3 is 4.98 Å². The van der Waals surface area contributed by atoms with Crippen LogP contribution in [0.1, 0.15) is 50.8 Å². The fourth-order valence-electron chi connectivity index (χ4n) is 3.97. The van der Waals surface area contributed by atoms with Crippen molar-refractivity contribution in [3.05, 3.63) is 69.7 Å². The number of fused-ring (bicyclic) bond motifs is 2. The zero-order valence-electron chi connectivity index (χ0n) is 16.6. The number of hydrogen-bond acceptors (Lipinski definition) is 1. The average Bonchev–Trinajstić information content (AvgIpc) is 3.14. The molecule has 0 aliphatic heterocycles. The van der Waals surface area contributed by atoms with Crippen molar-refractivity contribution in [1.29, 1.82) is 0 Å². The van der Waals surface area contributed by atoms with Gasteiger partial charge in [0.15, 0.2) is 0 Å². The minimum absolute atomic E-state index is 0.0382. The van der Waals surface area contributed by atoms with Gasteiger partial charge in [0, 0.05) is 37.0 Å². The second-order valence-corrected chi connectivity index (χ2v) is 10.5. The molecule has 4 rings (SSSR count). The number of benzene rings is 2. The molecule has 0 saturated carbocycles. The molecule has 0 spiro atoms. The Morgan fingerprint density at radius 2 is 1.67 bits per heavy atom. The van der Waals surface area contributed by atoms with Gasteiger partial charge in [-0.05, 0) is 35.6 Å². The maximum Gasteiger partial charge on any atom is 0.0629 e. The third-order valence-corrected chi connectivity index (χ3v) is 7.35. The predicted molar refractivity (Wildman–Crippen MR) is 121 cm³/mol. The normalized spacial score (nSPS) is 13.0. The molecule has 0 amide bonds. The lowest BCUT2D eigenvalue weighted by Crippen LogP contribution is -2.19. The molecule has 0 bridgehead atoms. The van der Waals surface area contributed by atoms with Crippen molar-refractivity contribution in [1.82, 2.24) is 4.98 Å². The summed E-state index contributed by atoms with van der Waals surface area (Å²) in [5.74, 6) is 0.